The van der Waals surface area contributed by atoms with Crippen molar-refractivity contribution in [2.24, 2.45) is 0 Å². The third-order valence-corrected chi connectivity index (χ3v) is 6.62. The summed E-state index contributed by atoms with van der Waals surface area (Å²) in [5, 5.41) is 2.99. The molecule has 0 saturated carbocycles. The number of ether oxygens (including phenoxy) is 1. The van der Waals surface area contributed by atoms with Crippen molar-refractivity contribution < 1.29 is 14.3 Å². The summed E-state index contributed by atoms with van der Waals surface area (Å²) >= 11 is 0. The standard InChI is InChI=1S/C28H39N3O3/c1-21-13-14-25(29-28(33)24-11-8-7-10-22(24)2)26(20-21)34-19-9-5-6-12-27(32)31-17-15-23(16-18-31)30(3)4/h7-8,10-11,13-14,20,23H,5-6,9,12,15-19H2,1-4H3,(H,29,33). The highest BCUT2D eigenvalue weighted by molar-refractivity contribution is 6.06. The molecule has 0 atom stereocenters. The zero-order chi connectivity index (χ0) is 24.5. The maximum absolute atomic E-state index is 12.7. The lowest BCUT2D eigenvalue weighted by Gasteiger charge is -2.35. The number of piperidine rings is 1. The van der Waals surface area contributed by atoms with Gasteiger partial charge in [0.05, 0.1) is 12.3 Å². The van der Waals surface area contributed by atoms with Crippen molar-refractivity contribution >= 4 is 17.5 Å². The number of nitrogens with one attached hydrogen (secondary N) is 1. The number of hydrogen-bond acceptors (Lipinski definition) is 4. The number of nitrogens with zero attached hydrogens (tertiary/aromatic N) is 2. The average Bonchev–Trinajstić information content (AvgIpc) is 2.83. The van der Waals surface area contributed by atoms with Crippen LogP contribution in [-0.2, 0) is 4.79 Å². The first kappa shape index (κ1) is 25.8. The number of aryl methyl sites for hydroxylation is 2. The van der Waals surface area contributed by atoms with Gasteiger partial charge in [0.15, 0.2) is 0 Å². The van der Waals surface area contributed by atoms with Gasteiger partial charge in [0.25, 0.3) is 5.91 Å². The van der Waals surface area contributed by atoms with Crippen LogP contribution in [0.5, 0.6) is 5.75 Å². The van der Waals surface area contributed by atoms with E-state index in [9.17, 15) is 9.59 Å². The van der Waals surface area contributed by atoms with Crippen LogP contribution in [0.4, 0.5) is 5.69 Å². The van der Waals surface area contributed by atoms with Gasteiger partial charge in [-0.25, -0.2) is 0 Å². The van der Waals surface area contributed by atoms with Crippen molar-refractivity contribution in [2.45, 2.75) is 58.4 Å². The lowest BCUT2D eigenvalue weighted by molar-refractivity contribution is -0.132. The van der Waals surface area contributed by atoms with Gasteiger partial charge in [-0.2, -0.15) is 0 Å². The molecule has 3 rings (SSSR count). The lowest BCUT2D eigenvalue weighted by atomic mass is 10.0. The summed E-state index contributed by atoms with van der Waals surface area (Å²) in [4.78, 5) is 29.5. The molecule has 34 heavy (non-hydrogen) atoms. The first-order chi connectivity index (χ1) is 16.3. The molecule has 6 nitrogen and oxygen atoms in total. The van der Waals surface area contributed by atoms with Gasteiger partial charge >= 0.3 is 0 Å². The smallest absolute Gasteiger partial charge is 0.256 e. The molecule has 0 bridgehead atoms. The number of carbonyl (C=O) groups is 2. The number of rotatable bonds is 10. The fourth-order valence-electron chi connectivity index (χ4n) is 4.40. The van der Waals surface area contributed by atoms with E-state index in [1.54, 1.807) is 0 Å². The summed E-state index contributed by atoms with van der Waals surface area (Å²) in [6, 6.07) is 13.9. The van der Waals surface area contributed by atoms with Gasteiger partial charge < -0.3 is 19.9 Å². The van der Waals surface area contributed by atoms with Crippen molar-refractivity contribution in [3.05, 3.63) is 59.2 Å². The van der Waals surface area contributed by atoms with Crippen LogP contribution in [0.25, 0.3) is 0 Å². The molecule has 0 radical (unpaired) electrons. The molecule has 2 aromatic carbocycles. The second-order valence-corrected chi connectivity index (χ2v) is 9.50. The molecule has 1 fully saturated rings. The largest absolute Gasteiger partial charge is 0.491 e. The van der Waals surface area contributed by atoms with E-state index in [-0.39, 0.29) is 11.8 Å². The van der Waals surface area contributed by atoms with Crippen LogP contribution in [-0.4, -0.2) is 61.4 Å². The summed E-state index contributed by atoms with van der Waals surface area (Å²) in [5.74, 6) is 0.819. The van der Waals surface area contributed by atoms with Crippen LogP contribution in [0, 0.1) is 13.8 Å². The minimum atomic E-state index is -0.139. The van der Waals surface area contributed by atoms with Gasteiger partial charge in [0.1, 0.15) is 5.75 Å². The van der Waals surface area contributed by atoms with Gasteiger partial charge in [0.2, 0.25) is 5.91 Å². The van der Waals surface area contributed by atoms with Crippen LogP contribution in [0.2, 0.25) is 0 Å². The third kappa shape index (κ3) is 7.32. The molecule has 0 unspecified atom stereocenters. The molecule has 1 N–H and O–H groups in total. The third-order valence-electron chi connectivity index (χ3n) is 6.62. The Hall–Kier alpha value is -2.86. The maximum atomic E-state index is 12.7. The highest BCUT2D eigenvalue weighted by Gasteiger charge is 2.23. The second kappa shape index (κ2) is 12.6. The normalized spacial score (nSPS) is 14.3. The minimum absolute atomic E-state index is 0.139. The van der Waals surface area contributed by atoms with Crippen LogP contribution in [0.1, 0.15) is 60.0 Å². The Bertz CT molecular complexity index is 965. The summed E-state index contributed by atoms with van der Waals surface area (Å²) in [5.41, 5.74) is 3.35. The highest BCUT2D eigenvalue weighted by Crippen LogP contribution is 2.27. The fraction of sp³-hybridized carbons (Fsp3) is 0.500. The maximum Gasteiger partial charge on any atom is 0.256 e. The number of likely N-dealkylation sites (tertiary alicyclic amines) is 1. The van der Waals surface area contributed by atoms with Crippen molar-refractivity contribution in [2.75, 3.05) is 39.1 Å². The van der Waals surface area contributed by atoms with Crippen molar-refractivity contribution in [1.29, 1.82) is 0 Å². The molecule has 0 aromatic heterocycles. The van der Waals surface area contributed by atoms with Crippen LogP contribution < -0.4 is 10.1 Å². The molecule has 2 amide bonds. The molecule has 2 aromatic rings. The quantitative estimate of drug-likeness (QED) is 0.499. The Balaban J connectivity index is 1.41. The van der Waals surface area contributed by atoms with E-state index >= 15 is 0 Å². The van der Waals surface area contributed by atoms with E-state index in [0.717, 1.165) is 56.3 Å². The summed E-state index contributed by atoms with van der Waals surface area (Å²) in [7, 11) is 4.23. The monoisotopic (exact) mass is 465 g/mol. The Morgan fingerprint density at radius 1 is 1.03 bits per heavy atom. The number of amides is 2. The predicted octanol–water partition coefficient (Wildman–Crippen LogP) is 5.05. The van der Waals surface area contributed by atoms with Gasteiger partial charge in [-0.1, -0.05) is 24.3 Å². The van der Waals surface area contributed by atoms with E-state index < -0.39 is 0 Å². The topological polar surface area (TPSA) is 61.9 Å². The summed E-state index contributed by atoms with van der Waals surface area (Å²) < 4.78 is 6.03. The van der Waals surface area contributed by atoms with Gasteiger partial charge in [-0.05, 0) is 89.4 Å². The highest BCUT2D eigenvalue weighted by atomic mass is 16.5. The molecule has 1 aliphatic heterocycles. The molecule has 184 valence electrons. The fourth-order valence-corrected chi connectivity index (χ4v) is 4.40. The number of unbranched alkanes of at least 4 members (excludes halogenated alkanes) is 2. The molecule has 1 heterocycles. The van der Waals surface area contributed by atoms with E-state index in [1.807, 2.05) is 61.2 Å². The van der Waals surface area contributed by atoms with Crippen LogP contribution in [0.15, 0.2) is 42.5 Å². The SMILES string of the molecule is Cc1ccc(NC(=O)c2ccccc2C)c(OCCCCCC(=O)N2CCC(N(C)C)CC2)c1. The van der Waals surface area contributed by atoms with E-state index in [4.69, 9.17) is 4.74 Å². The van der Waals surface area contributed by atoms with Crippen molar-refractivity contribution in [3.8, 4) is 5.75 Å². The van der Waals surface area contributed by atoms with E-state index in [0.29, 0.717) is 36.1 Å². The zero-order valence-electron chi connectivity index (χ0n) is 21.1. The average molecular weight is 466 g/mol. The Morgan fingerprint density at radius 3 is 2.47 bits per heavy atom. The first-order valence-corrected chi connectivity index (χ1v) is 12.4. The second-order valence-electron chi connectivity index (χ2n) is 9.50. The summed E-state index contributed by atoms with van der Waals surface area (Å²) in [6.07, 6.45) is 5.42. The molecule has 1 saturated heterocycles. The zero-order valence-corrected chi connectivity index (χ0v) is 21.1. The molecule has 0 spiro atoms. The van der Waals surface area contributed by atoms with E-state index in [2.05, 4.69) is 24.3 Å². The Labute approximate surface area is 204 Å². The van der Waals surface area contributed by atoms with Crippen molar-refractivity contribution in [3.63, 3.8) is 0 Å². The van der Waals surface area contributed by atoms with Gasteiger partial charge in [-0.3, -0.25) is 9.59 Å². The van der Waals surface area contributed by atoms with Crippen molar-refractivity contribution in [1.82, 2.24) is 9.80 Å². The first-order valence-electron chi connectivity index (χ1n) is 12.4. The Morgan fingerprint density at radius 2 is 1.76 bits per heavy atom. The number of hydrogen-bond donors (Lipinski definition) is 1. The molecular formula is C28H39N3O3. The Kier molecular flexibility index (Phi) is 9.52. The molecular weight excluding hydrogens is 426 g/mol. The van der Waals surface area contributed by atoms with Gasteiger partial charge in [0, 0.05) is 31.1 Å². The molecule has 6 heteroatoms. The van der Waals surface area contributed by atoms with Crippen LogP contribution in [0.3, 0.4) is 0 Å². The lowest BCUT2D eigenvalue weighted by Crippen LogP contribution is -2.44. The number of benzene rings is 2. The number of carbonyl (C=O) groups excluding carboxylic acids is 2. The molecule has 1 aliphatic rings. The summed E-state index contributed by atoms with van der Waals surface area (Å²) in [6.45, 7) is 6.23. The predicted molar refractivity (Wildman–Crippen MR) is 138 cm³/mol. The van der Waals surface area contributed by atoms with Crippen LogP contribution >= 0.6 is 0 Å². The van der Waals surface area contributed by atoms with E-state index in [1.165, 1.54) is 0 Å². The molecule has 0 aliphatic carbocycles. The minimum Gasteiger partial charge on any atom is -0.491 e. The van der Waals surface area contributed by atoms with Gasteiger partial charge in [-0.15, -0.1) is 0 Å². The number of anilines is 1.